The summed E-state index contributed by atoms with van der Waals surface area (Å²) < 4.78 is 5.94. The van der Waals surface area contributed by atoms with Gasteiger partial charge in [-0.05, 0) is 65.8 Å². The van der Waals surface area contributed by atoms with E-state index in [1.165, 1.54) is 11.8 Å². The van der Waals surface area contributed by atoms with Crippen LogP contribution in [0.4, 0.5) is 0 Å². The summed E-state index contributed by atoms with van der Waals surface area (Å²) in [6, 6.07) is 19.5. The SMILES string of the molecule is CSCCC(NC(=O)c1ccc(COc2ccccc2CO)cc1-c1ccccc1C)C(=O)O. The Hall–Kier alpha value is -3.29. The third kappa shape index (κ3) is 6.40. The highest BCUT2D eigenvalue weighted by atomic mass is 32.2. The number of aryl methyl sites for hydroxylation is 1. The molecule has 0 spiro atoms. The summed E-state index contributed by atoms with van der Waals surface area (Å²) in [6.07, 6.45) is 2.24. The molecule has 3 aromatic rings. The predicted molar refractivity (Wildman–Crippen MR) is 135 cm³/mol. The molecule has 34 heavy (non-hydrogen) atoms. The normalized spacial score (nSPS) is 11.6. The first-order chi connectivity index (χ1) is 16.4. The van der Waals surface area contributed by atoms with Gasteiger partial charge < -0.3 is 20.3 Å². The van der Waals surface area contributed by atoms with E-state index in [1.54, 1.807) is 24.3 Å². The van der Waals surface area contributed by atoms with Crippen molar-refractivity contribution < 1.29 is 24.5 Å². The smallest absolute Gasteiger partial charge is 0.326 e. The van der Waals surface area contributed by atoms with Gasteiger partial charge in [0.05, 0.1) is 6.61 Å². The average Bonchev–Trinajstić information content (AvgIpc) is 2.85. The third-order valence-corrected chi connectivity index (χ3v) is 6.16. The summed E-state index contributed by atoms with van der Waals surface area (Å²) in [5.41, 5.74) is 4.55. The number of carbonyl (C=O) groups is 2. The van der Waals surface area contributed by atoms with Crippen molar-refractivity contribution in [2.24, 2.45) is 0 Å². The zero-order valence-corrected chi connectivity index (χ0v) is 20.1. The van der Waals surface area contributed by atoms with Gasteiger partial charge in [-0.25, -0.2) is 4.79 Å². The monoisotopic (exact) mass is 479 g/mol. The minimum atomic E-state index is -1.05. The van der Waals surface area contributed by atoms with Crippen LogP contribution in [-0.4, -0.2) is 40.1 Å². The second-order valence-corrected chi connectivity index (χ2v) is 8.88. The number of carboxylic acid groups (broad SMARTS) is 1. The molecule has 3 N–H and O–H groups in total. The number of aliphatic hydroxyl groups excluding tert-OH is 1. The molecule has 3 rings (SSSR count). The van der Waals surface area contributed by atoms with Gasteiger partial charge in [-0.2, -0.15) is 11.8 Å². The molecule has 0 aliphatic heterocycles. The average molecular weight is 480 g/mol. The first kappa shape index (κ1) is 25.3. The highest BCUT2D eigenvalue weighted by molar-refractivity contribution is 7.98. The van der Waals surface area contributed by atoms with Crippen LogP contribution >= 0.6 is 11.8 Å². The van der Waals surface area contributed by atoms with E-state index in [9.17, 15) is 19.8 Å². The van der Waals surface area contributed by atoms with E-state index in [0.717, 1.165) is 16.7 Å². The molecule has 3 aromatic carbocycles. The van der Waals surface area contributed by atoms with Gasteiger partial charge in [-0.15, -0.1) is 0 Å². The Labute approximate surface area is 204 Å². The van der Waals surface area contributed by atoms with E-state index in [4.69, 9.17) is 4.74 Å². The van der Waals surface area contributed by atoms with Crippen LogP contribution in [0.1, 0.15) is 33.5 Å². The van der Waals surface area contributed by atoms with Gasteiger partial charge in [-0.1, -0.05) is 48.5 Å². The Bertz CT molecular complexity index is 1150. The number of aliphatic carboxylic acids is 1. The number of hydrogen-bond donors (Lipinski definition) is 3. The number of carbonyl (C=O) groups excluding carboxylic acids is 1. The van der Waals surface area contributed by atoms with Gasteiger partial charge in [0, 0.05) is 11.1 Å². The maximum absolute atomic E-state index is 13.2. The molecule has 0 fully saturated rings. The van der Waals surface area contributed by atoms with Crippen LogP contribution in [0.2, 0.25) is 0 Å². The number of aliphatic hydroxyl groups is 1. The number of thioether (sulfide) groups is 1. The molecule has 0 bridgehead atoms. The Morgan fingerprint density at radius 3 is 2.47 bits per heavy atom. The van der Waals surface area contributed by atoms with Gasteiger partial charge in [0.2, 0.25) is 0 Å². The van der Waals surface area contributed by atoms with Crippen LogP contribution in [0.5, 0.6) is 5.75 Å². The lowest BCUT2D eigenvalue weighted by Crippen LogP contribution is -2.41. The van der Waals surface area contributed by atoms with Crippen molar-refractivity contribution in [2.45, 2.75) is 32.6 Å². The molecule has 7 heteroatoms. The molecule has 1 atom stereocenters. The summed E-state index contributed by atoms with van der Waals surface area (Å²) in [6.45, 7) is 2.10. The fraction of sp³-hybridized carbons (Fsp3) is 0.259. The molecular formula is C27H29NO5S. The molecule has 0 radical (unpaired) electrons. The van der Waals surface area contributed by atoms with Crippen LogP contribution < -0.4 is 10.1 Å². The maximum Gasteiger partial charge on any atom is 0.326 e. The van der Waals surface area contributed by atoms with E-state index in [-0.39, 0.29) is 13.2 Å². The van der Waals surface area contributed by atoms with E-state index in [2.05, 4.69) is 5.32 Å². The zero-order chi connectivity index (χ0) is 24.5. The van der Waals surface area contributed by atoms with E-state index in [0.29, 0.717) is 34.6 Å². The first-order valence-electron chi connectivity index (χ1n) is 11.0. The lowest BCUT2D eigenvalue weighted by atomic mass is 9.93. The number of rotatable bonds is 11. The summed E-state index contributed by atoms with van der Waals surface area (Å²) in [4.78, 5) is 24.8. The predicted octanol–water partition coefficient (Wildman–Crippen LogP) is 4.67. The number of amides is 1. The van der Waals surface area contributed by atoms with Crippen LogP contribution in [0, 0.1) is 6.92 Å². The minimum Gasteiger partial charge on any atom is -0.489 e. The third-order valence-electron chi connectivity index (χ3n) is 5.52. The number of hydrogen-bond acceptors (Lipinski definition) is 5. The van der Waals surface area contributed by atoms with Crippen molar-refractivity contribution in [1.29, 1.82) is 0 Å². The van der Waals surface area contributed by atoms with Crippen molar-refractivity contribution in [3.63, 3.8) is 0 Å². The number of benzene rings is 3. The molecule has 1 unspecified atom stereocenters. The summed E-state index contributed by atoms with van der Waals surface area (Å²) in [7, 11) is 0. The minimum absolute atomic E-state index is 0.120. The topological polar surface area (TPSA) is 95.9 Å². The van der Waals surface area contributed by atoms with Crippen molar-refractivity contribution >= 4 is 23.6 Å². The quantitative estimate of drug-likeness (QED) is 0.370. The molecule has 0 aliphatic rings. The second kappa shape index (κ2) is 12.3. The van der Waals surface area contributed by atoms with Crippen molar-refractivity contribution in [2.75, 3.05) is 12.0 Å². The molecule has 0 saturated carbocycles. The highest BCUT2D eigenvalue weighted by Gasteiger charge is 2.22. The molecule has 178 valence electrons. The number of nitrogens with one attached hydrogen (secondary N) is 1. The Kier molecular flexibility index (Phi) is 9.13. The Balaban J connectivity index is 1.92. The number of para-hydroxylation sites is 1. The van der Waals surface area contributed by atoms with Crippen molar-refractivity contribution in [3.05, 3.63) is 89.0 Å². The number of ether oxygens (including phenoxy) is 1. The molecule has 0 aliphatic carbocycles. The lowest BCUT2D eigenvalue weighted by Gasteiger charge is -2.18. The first-order valence-corrected chi connectivity index (χ1v) is 12.4. The van der Waals surface area contributed by atoms with Crippen LogP contribution in [0.3, 0.4) is 0 Å². The molecule has 0 saturated heterocycles. The van der Waals surface area contributed by atoms with Gasteiger partial charge in [0.25, 0.3) is 5.91 Å². The standard InChI is InChI=1S/C27H29NO5S/c1-18-7-3-5-9-21(18)23-15-19(17-33-25-10-6-4-8-20(25)16-29)11-12-22(23)26(30)28-24(27(31)32)13-14-34-2/h3-12,15,24,29H,13-14,16-17H2,1-2H3,(H,28,30)(H,31,32). The lowest BCUT2D eigenvalue weighted by molar-refractivity contribution is -0.139. The molecule has 0 aromatic heterocycles. The van der Waals surface area contributed by atoms with Crippen molar-refractivity contribution in [1.82, 2.24) is 5.32 Å². The van der Waals surface area contributed by atoms with Gasteiger partial charge >= 0.3 is 5.97 Å². The highest BCUT2D eigenvalue weighted by Crippen LogP contribution is 2.29. The fourth-order valence-corrected chi connectivity index (χ4v) is 4.11. The Morgan fingerprint density at radius 2 is 1.76 bits per heavy atom. The molecule has 0 heterocycles. The van der Waals surface area contributed by atoms with Crippen LogP contribution in [0.15, 0.2) is 66.7 Å². The second-order valence-electron chi connectivity index (χ2n) is 7.90. The van der Waals surface area contributed by atoms with E-state index >= 15 is 0 Å². The molecule has 6 nitrogen and oxygen atoms in total. The largest absolute Gasteiger partial charge is 0.489 e. The van der Waals surface area contributed by atoms with Gasteiger partial charge in [0.15, 0.2) is 0 Å². The van der Waals surface area contributed by atoms with Gasteiger partial charge in [0.1, 0.15) is 18.4 Å². The van der Waals surface area contributed by atoms with Gasteiger partial charge in [-0.3, -0.25) is 4.79 Å². The summed E-state index contributed by atoms with van der Waals surface area (Å²) in [5.74, 6) is -0.243. The Morgan fingerprint density at radius 1 is 1.03 bits per heavy atom. The summed E-state index contributed by atoms with van der Waals surface area (Å²) in [5, 5.41) is 21.7. The van der Waals surface area contributed by atoms with Crippen LogP contribution in [0.25, 0.3) is 11.1 Å². The molecular weight excluding hydrogens is 450 g/mol. The van der Waals surface area contributed by atoms with E-state index in [1.807, 2.05) is 55.6 Å². The molecule has 1 amide bonds. The zero-order valence-electron chi connectivity index (χ0n) is 19.3. The number of carboxylic acids is 1. The van der Waals surface area contributed by atoms with Crippen molar-refractivity contribution in [3.8, 4) is 16.9 Å². The fourth-order valence-electron chi connectivity index (χ4n) is 3.64. The maximum atomic E-state index is 13.2. The van der Waals surface area contributed by atoms with E-state index < -0.39 is 17.9 Å². The van der Waals surface area contributed by atoms with Crippen LogP contribution in [-0.2, 0) is 18.0 Å². The summed E-state index contributed by atoms with van der Waals surface area (Å²) >= 11 is 1.54.